The van der Waals surface area contributed by atoms with E-state index >= 15 is 0 Å². The maximum absolute atomic E-state index is 11.6. The Balaban J connectivity index is 2.37. The second-order valence-electron chi connectivity index (χ2n) is 4.53. The minimum absolute atomic E-state index is 0.207. The molecule has 1 aliphatic heterocycles. The number of morpholine rings is 1. The van der Waals surface area contributed by atoms with Crippen LogP contribution in [-0.4, -0.2) is 44.2 Å². The SMILES string of the molecule is CC(C)(CNC(=O)C1CNCCO1)C(N)=O. The van der Waals surface area contributed by atoms with Gasteiger partial charge < -0.3 is 21.1 Å². The second-order valence-corrected chi connectivity index (χ2v) is 4.53. The van der Waals surface area contributed by atoms with Gasteiger partial charge in [-0.25, -0.2) is 0 Å². The molecule has 92 valence electrons. The highest BCUT2D eigenvalue weighted by molar-refractivity contribution is 5.84. The predicted octanol–water partition coefficient (Wildman–Crippen LogP) is -1.40. The third-order valence-electron chi connectivity index (χ3n) is 2.59. The molecule has 0 spiro atoms. The maximum atomic E-state index is 11.6. The molecule has 0 saturated carbocycles. The van der Waals surface area contributed by atoms with E-state index in [0.29, 0.717) is 13.2 Å². The third-order valence-corrected chi connectivity index (χ3v) is 2.59. The van der Waals surface area contributed by atoms with Crippen molar-refractivity contribution in [1.82, 2.24) is 10.6 Å². The van der Waals surface area contributed by atoms with E-state index in [1.165, 1.54) is 0 Å². The van der Waals surface area contributed by atoms with E-state index in [9.17, 15) is 9.59 Å². The summed E-state index contributed by atoms with van der Waals surface area (Å²) < 4.78 is 5.27. The van der Waals surface area contributed by atoms with Crippen molar-refractivity contribution in [2.24, 2.45) is 11.1 Å². The summed E-state index contributed by atoms with van der Waals surface area (Å²) in [5.74, 6) is -0.642. The lowest BCUT2D eigenvalue weighted by Gasteiger charge is -2.25. The van der Waals surface area contributed by atoms with Gasteiger partial charge >= 0.3 is 0 Å². The Bertz CT molecular complexity index is 272. The first-order valence-electron chi connectivity index (χ1n) is 5.33. The molecule has 0 aromatic heterocycles. The standard InChI is InChI=1S/C10H19N3O3/c1-10(2,9(11)15)6-13-8(14)7-5-12-3-4-16-7/h7,12H,3-6H2,1-2H3,(H2,11,15)(H,13,14). The van der Waals surface area contributed by atoms with E-state index in [2.05, 4.69) is 10.6 Å². The lowest BCUT2D eigenvalue weighted by Crippen LogP contribution is -2.51. The fraction of sp³-hybridized carbons (Fsp3) is 0.800. The fourth-order valence-corrected chi connectivity index (χ4v) is 1.24. The van der Waals surface area contributed by atoms with E-state index in [-0.39, 0.29) is 12.5 Å². The first-order valence-corrected chi connectivity index (χ1v) is 5.33. The van der Waals surface area contributed by atoms with Crippen LogP contribution in [0.3, 0.4) is 0 Å². The van der Waals surface area contributed by atoms with Gasteiger partial charge in [0.05, 0.1) is 12.0 Å². The van der Waals surface area contributed by atoms with Gasteiger partial charge in [0.2, 0.25) is 11.8 Å². The Labute approximate surface area is 94.9 Å². The van der Waals surface area contributed by atoms with Crippen LogP contribution in [0.25, 0.3) is 0 Å². The molecule has 16 heavy (non-hydrogen) atoms. The van der Waals surface area contributed by atoms with Crippen molar-refractivity contribution in [3.05, 3.63) is 0 Å². The molecule has 0 aliphatic carbocycles. The molecule has 0 aromatic carbocycles. The van der Waals surface area contributed by atoms with Crippen molar-refractivity contribution in [2.45, 2.75) is 20.0 Å². The normalized spacial score (nSPS) is 21.5. The van der Waals surface area contributed by atoms with E-state index < -0.39 is 17.4 Å². The summed E-state index contributed by atoms with van der Waals surface area (Å²) in [5, 5.41) is 5.73. The zero-order valence-electron chi connectivity index (χ0n) is 9.71. The number of carbonyl (C=O) groups excluding carboxylic acids is 2. The average Bonchev–Trinajstić information content (AvgIpc) is 2.27. The van der Waals surface area contributed by atoms with E-state index in [4.69, 9.17) is 10.5 Å². The lowest BCUT2D eigenvalue weighted by atomic mass is 9.93. The third kappa shape index (κ3) is 3.46. The van der Waals surface area contributed by atoms with Crippen molar-refractivity contribution in [3.8, 4) is 0 Å². The average molecular weight is 229 g/mol. The van der Waals surface area contributed by atoms with E-state index in [1.54, 1.807) is 13.8 Å². The topological polar surface area (TPSA) is 93.4 Å². The Hall–Kier alpha value is -1.14. The molecule has 0 bridgehead atoms. The van der Waals surface area contributed by atoms with Gasteiger partial charge in [0, 0.05) is 19.6 Å². The predicted molar refractivity (Wildman–Crippen MR) is 58.6 cm³/mol. The maximum Gasteiger partial charge on any atom is 0.250 e. The lowest BCUT2D eigenvalue weighted by molar-refractivity contribution is -0.135. The van der Waals surface area contributed by atoms with Crippen molar-refractivity contribution in [2.75, 3.05) is 26.2 Å². The van der Waals surface area contributed by atoms with Gasteiger partial charge in [-0.2, -0.15) is 0 Å². The number of rotatable bonds is 4. The molecule has 1 atom stereocenters. The molecular weight excluding hydrogens is 210 g/mol. The van der Waals surface area contributed by atoms with Crippen molar-refractivity contribution >= 4 is 11.8 Å². The van der Waals surface area contributed by atoms with Gasteiger partial charge in [-0.1, -0.05) is 0 Å². The Morgan fingerprint density at radius 1 is 1.56 bits per heavy atom. The fourth-order valence-electron chi connectivity index (χ4n) is 1.24. The minimum Gasteiger partial charge on any atom is -0.369 e. The molecule has 1 heterocycles. The zero-order chi connectivity index (χ0) is 12.2. The van der Waals surface area contributed by atoms with Crippen LogP contribution >= 0.6 is 0 Å². The van der Waals surface area contributed by atoms with Crippen LogP contribution in [0, 0.1) is 5.41 Å². The summed E-state index contributed by atoms with van der Waals surface area (Å²) in [6.07, 6.45) is -0.475. The Morgan fingerprint density at radius 2 is 2.25 bits per heavy atom. The summed E-state index contributed by atoms with van der Waals surface area (Å²) >= 11 is 0. The van der Waals surface area contributed by atoms with Crippen LogP contribution in [0.4, 0.5) is 0 Å². The largest absolute Gasteiger partial charge is 0.369 e. The number of nitrogens with two attached hydrogens (primary N) is 1. The van der Waals surface area contributed by atoms with Gasteiger partial charge in [0.25, 0.3) is 0 Å². The number of primary amides is 1. The molecule has 1 fully saturated rings. The molecule has 0 aromatic rings. The summed E-state index contributed by atoms with van der Waals surface area (Å²) in [4.78, 5) is 22.7. The summed E-state index contributed by atoms with van der Waals surface area (Å²) in [6.45, 7) is 5.39. The van der Waals surface area contributed by atoms with Gasteiger partial charge in [-0.15, -0.1) is 0 Å². The summed E-state index contributed by atoms with van der Waals surface area (Å²) in [5.41, 5.74) is 4.46. The van der Waals surface area contributed by atoms with Crippen molar-refractivity contribution in [3.63, 3.8) is 0 Å². The molecule has 2 amide bonds. The smallest absolute Gasteiger partial charge is 0.250 e. The molecule has 6 heteroatoms. The van der Waals surface area contributed by atoms with Gasteiger partial charge in [-0.3, -0.25) is 9.59 Å². The highest BCUT2D eigenvalue weighted by atomic mass is 16.5. The van der Waals surface area contributed by atoms with Crippen LogP contribution in [0.5, 0.6) is 0 Å². The molecule has 1 saturated heterocycles. The van der Waals surface area contributed by atoms with Crippen LogP contribution < -0.4 is 16.4 Å². The molecular formula is C10H19N3O3. The minimum atomic E-state index is -0.738. The number of carbonyl (C=O) groups is 2. The molecule has 1 unspecified atom stereocenters. The number of hydrogen-bond acceptors (Lipinski definition) is 4. The molecule has 1 aliphatic rings. The Kier molecular flexibility index (Phi) is 4.26. The first-order chi connectivity index (χ1) is 7.43. The monoisotopic (exact) mass is 229 g/mol. The van der Waals surface area contributed by atoms with E-state index in [0.717, 1.165) is 6.54 Å². The van der Waals surface area contributed by atoms with Crippen molar-refractivity contribution < 1.29 is 14.3 Å². The molecule has 4 N–H and O–H groups in total. The highest BCUT2D eigenvalue weighted by Crippen LogP contribution is 2.12. The molecule has 1 rings (SSSR count). The van der Waals surface area contributed by atoms with Crippen LogP contribution in [0.15, 0.2) is 0 Å². The zero-order valence-corrected chi connectivity index (χ0v) is 9.71. The van der Waals surface area contributed by atoms with Crippen LogP contribution in [0.2, 0.25) is 0 Å². The summed E-state index contributed by atoms with van der Waals surface area (Å²) in [7, 11) is 0. The number of nitrogens with one attached hydrogen (secondary N) is 2. The second kappa shape index (κ2) is 5.27. The number of amides is 2. The van der Waals surface area contributed by atoms with Crippen molar-refractivity contribution in [1.29, 1.82) is 0 Å². The summed E-state index contributed by atoms with van der Waals surface area (Å²) in [6, 6.07) is 0. The van der Waals surface area contributed by atoms with E-state index in [1.807, 2.05) is 0 Å². The van der Waals surface area contributed by atoms with Gasteiger partial charge in [0.15, 0.2) is 0 Å². The van der Waals surface area contributed by atoms with Gasteiger partial charge in [0.1, 0.15) is 6.10 Å². The van der Waals surface area contributed by atoms with Crippen LogP contribution in [0.1, 0.15) is 13.8 Å². The first kappa shape index (κ1) is 12.9. The van der Waals surface area contributed by atoms with Gasteiger partial charge in [-0.05, 0) is 13.8 Å². The number of ether oxygens (including phenoxy) is 1. The molecule has 6 nitrogen and oxygen atoms in total. The Morgan fingerprint density at radius 3 is 2.75 bits per heavy atom. The highest BCUT2D eigenvalue weighted by Gasteiger charge is 2.28. The molecule has 0 radical (unpaired) electrons. The quantitative estimate of drug-likeness (QED) is 0.553. The van der Waals surface area contributed by atoms with Crippen LogP contribution in [-0.2, 0) is 14.3 Å². The number of hydrogen-bond donors (Lipinski definition) is 3.